The van der Waals surface area contributed by atoms with Crippen LogP contribution in [0.25, 0.3) is 0 Å². The fourth-order valence-corrected chi connectivity index (χ4v) is 1.22. The van der Waals surface area contributed by atoms with Crippen molar-refractivity contribution in [1.29, 1.82) is 0 Å². The van der Waals surface area contributed by atoms with E-state index in [1.54, 1.807) is 0 Å². The maximum Gasteiger partial charge on any atom is 0.573 e. The molecule has 0 amide bonds. The van der Waals surface area contributed by atoms with E-state index in [2.05, 4.69) is 4.74 Å². The predicted molar refractivity (Wildman–Crippen MR) is 50.4 cm³/mol. The maximum absolute atomic E-state index is 11.9. The zero-order valence-electron chi connectivity index (χ0n) is 7.44. The van der Waals surface area contributed by atoms with Crippen molar-refractivity contribution in [1.82, 2.24) is 0 Å². The van der Waals surface area contributed by atoms with Gasteiger partial charge >= 0.3 is 6.36 Å². The number of nitrogen functional groups attached to an aromatic ring is 1. The van der Waals surface area contributed by atoms with Crippen molar-refractivity contribution in [2.45, 2.75) is 12.9 Å². The number of benzene rings is 1. The smallest absolute Gasteiger partial charge is 0.404 e. The van der Waals surface area contributed by atoms with Crippen molar-refractivity contribution in [2.75, 3.05) is 5.73 Å². The third-order valence-electron chi connectivity index (χ3n) is 1.62. The molecule has 0 aromatic heterocycles. The van der Waals surface area contributed by atoms with Gasteiger partial charge in [-0.15, -0.1) is 13.2 Å². The maximum atomic E-state index is 11.9. The molecule has 1 aromatic rings. The van der Waals surface area contributed by atoms with Gasteiger partial charge in [-0.2, -0.15) is 0 Å². The van der Waals surface area contributed by atoms with Crippen LogP contribution in [0.3, 0.4) is 0 Å². The fourth-order valence-electron chi connectivity index (χ4n) is 0.988. The quantitative estimate of drug-likeness (QED) is 0.780. The molecule has 4 N–H and O–H groups in total. The molecule has 0 aliphatic carbocycles. The Bertz CT molecular complexity index is 368. The Kier molecular flexibility index (Phi) is 3.31. The molecule has 0 bridgehead atoms. The first-order valence-corrected chi connectivity index (χ1v) is 4.25. The van der Waals surface area contributed by atoms with Gasteiger partial charge in [0.15, 0.2) is 5.75 Å². The first kappa shape index (κ1) is 11.9. The van der Waals surface area contributed by atoms with Crippen LogP contribution in [0.15, 0.2) is 12.1 Å². The summed E-state index contributed by atoms with van der Waals surface area (Å²) < 4.78 is 39.3. The molecule has 1 aromatic carbocycles. The van der Waals surface area contributed by atoms with Crippen molar-refractivity contribution < 1.29 is 17.9 Å². The molecule has 1 rings (SSSR count). The van der Waals surface area contributed by atoms with Gasteiger partial charge < -0.3 is 16.2 Å². The number of rotatable bonds is 2. The summed E-state index contributed by atoms with van der Waals surface area (Å²) in [6, 6.07) is 2.25. The summed E-state index contributed by atoms with van der Waals surface area (Å²) in [5.41, 5.74) is 10.9. The Labute approximate surface area is 88.8 Å². The monoisotopic (exact) mass is 240 g/mol. The Morgan fingerprint density at radius 3 is 2.40 bits per heavy atom. The van der Waals surface area contributed by atoms with Crippen LogP contribution in [0, 0.1) is 0 Å². The van der Waals surface area contributed by atoms with Crippen molar-refractivity contribution in [3.05, 3.63) is 22.7 Å². The highest BCUT2D eigenvalue weighted by Crippen LogP contribution is 2.32. The molecule has 3 nitrogen and oxygen atoms in total. The van der Waals surface area contributed by atoms with Crippen LogP contribution in [0.4, 0.5) is 18.9 Å². The van der Waals surface area contributed by atoms with E-state index < -0.39 is 12.1 Å². The minimum atomic E-state index is -4.79. The number of hydrogen-bond donors (Lipinski definition) is 2. The number of halogens is 4. The van der Waals surface area contributed by atoms with E-state index in [1.807, 2.05) is 0 Å². The van der Waals surface area contributed by atoms with Gasteiger partial charge in [-0.1, -0.05) is 11.6 Å². The summed E-state index contributed by atoms with van der Waals surface area (Å²) in [7, 11) is 0. The molecule has 0 spiro atoms. The van der Waals surface area contributed by atoms with Gasteiger partial charge in [0.1, 0.15) is 0 Å². The second-order valence-electron chi connectivity index (χ2n) is 2.73. The van der Waals surface area contributed by atoms with Crippen molar-refractivity contribution in [3.8, 4) is 5.75 Å². The molecule has 0 aliphatic heterocycles. The van der Waals surface area contributed by atoms with E-state index in [4.69, 9.17) is 23.1 Å². The van der Waals surface area contributed by atoms with Crippen LogP contribution in [-0.4, -0.2) is 6.36 Å². The normalized spacial score (nSPS) is 11.5. The Balaban J connectivity index is 3.05. The van der Waals surface area contributed by atoms with Crippen LogP contribution in [0.1, 0.15) is 5.56 Å². The molecule has 15 heavy (non-hydrogen) atoms. The van der Waals surface area contributed by atoms with Gasteiger partial charge in [0.2, 0.25) is 0 Å². The lowest BCUT2D eigenvalue weighted by atomic mass is 10.2. The standard InChI is InChI=1S/C8H8ClF3N2O/c9-5-2-7(15-8(10,11)12)6(14)1-4(5)3-13/h1-2H,3,13-14H2. The molecule has 0 radical (unpaired) electrons. The number of anilines is 1. The van der Waals surface area contributed by atoms with Gasteiger partial charge in [0.25, 0.3) is 0 Å². The zero-order chi connectivity index (χ0) is 11.6. The van der Waals surface area contributed by atoms with Crippen LogP contribution in [0.5, 0.6) is 5.75 Å². The van der Waals surface area contributed by atoms with E-state index in [0.717, 1.165) is 6.07 Å². The number of ether oxygens (including phenoxy) is 1. The summed E-state index contributed by atoms with van der Waals surface area (Å²) in [6.45, 7) is 0.0926. The lowest BCUT2D eigenvalue weighted by molar-refractivity contribution is -0.274. The average Bonchev–Trinajstić information content (AvgIpc) is 2.08. The average molecular weight is 241 g/mol. The molecule has 0 aliphatic rings. The minimum absolute atomic E-state index is 0.0888. The third kappa shape index (κ3) is 3.17. The van der Waals surface area contributed by atoms with E-state index in [0.29, 0.717) is 5.56 Å². The van der Waals surface area contributed by atoms with Crippen LogP contribution >= 0.6 is 11.6 Å². The van der Waals surface area contributed by atoms with Gasteiger partial charge in [0.05, 0.1) is 5.69 Å². The molecule has 0 atom stereocenters. The first-order valence-electron chi connectivity index (χ1n) is 3.87. The largest absolute Gasteiger partial charge is 0.573 e. The summed E-state index contributed by atoms with van der Waals surface area (Å²) >= 11 is 5.65. The SMILES string of the molecule is NCc1cc(N)c(OC(F)(F)F)cc1Cl. The number of alkyl halides is 3. The minimum Gasteiger partial charge on any atom is -0.404 e. The molecule has 0 saturated carbocycles. The molecule has 0 heterocycles. The van der Waals surface area contributed by atoms with Gasteiger partial charge in [0, 0.05) is 17.6 Å². The van der Waals surface area contributed by atoms with Gasteiger partial charge in [-0.25, -0.2) is 0 Å². The molecule has 7 heteroatoms. The van der Waals surface area contributed by atoms with Crippen molar-refractivity contribution in [3.63, 3.8) is 0 Å². The zero-order valence-corrected chi connectivity index (χ0v) is 8.19. The highest BCUT2D eigenvalue weighted by molar-refractivity contribution is 6.31. The topological polar surface area (TPSA) is 61.3 Å². The van der Waals surface area contributed by atoms with Gasteiger partial charge in [-0.3, -0.25) is 0 Å². The van der Waals surface area contributed by atoms with E-state index in [-0.39, 0.29) is 17.3 Å². The van der Waals surface area contributed by atoms with Gasteiger partial charge in [-0.05, 0) is 11.6 Å². The van der Waals surface area contributed by atoms with E-state index in [9.17, 15) is 13.2 Å². The third-order valence-corrected chi connectivity index (χ3v) is 1.98. The summed E-state index contributed by atoms with van der Waals surface area (Å²) in [5.74, 6) is -0.523. The second kappa shape index (κ2) is 4.16. The molecule has 84 valence electrons. The predicted octanol–water partition coefficient (Wildman–Crippen LogP) is 2.28. The van der Waals surface area contributed by atoms with Crippen molar-refractivity contribution >= 4 is 17.3 Å². The number of hydrogen-bond acceptors (Lipinski definition) is 3. The van der Waals surface area contributed by atoms with E-state index in [1.165, 1.54) is 6.07 Å². The summed E-state index contributed by atoms with van der Waals surface area (Å²) in [6.07, 6.45) is -4.79. The lowest BCUT2D eigenvalue weighted by Gasteiger charge is -2.12. The summed E-state index contributed by atoms with van der Waals surface area (Å²) in [5, 5.41) is 0.0888. The van der Waals surface area contributed by atoms with Crippen LogP contribution in [0.2, 0.25) is 5.02 Å². The van der Waals surface area contributed by atoms with Crippen LogP contribution < -0.4 is 16.2 Å². The second-order valence-corrected chi connectivity index (χ2v) is 3.14. The molecule has 0 fully saturated rings. The lowest BCUT2D eigenvalue weighted by Crippen LogP contribution is -2.18. The van der Waals surface area contributed by atoms with E-state index >= 15 is 0 Å². The molecule has 0 saturated heterocycles. The molecule has 0 unspecified atom stereocenters. The molecular weight excluding hydrogens is 233 g/mol. The highest BCUT2D eigenvalue weighted by atomic mass is 35.5. The van der Waals surface area contributed by atoms with Crippen LogP contribution in [-0.2, 0) is 6.54 Å². The Morgan fingerprint density at radius 1 is 1.33 bits per heavy atom. The number of nitrogens with two attached hydrogens (primary N) is 2. The van der Waals surface area contributed by atoms with Crippen molar-refractivity contribution in [2.24, 2.45) is 5.73 Å². The Hall–Kier alpha value is -1.14. The molecular formula is C8H8ClF3N2O. The summed E-state index contributed by atoms with van der Waals surface area (Å²) in [4.78, 5) is 0. The Morgan fingerprint density at radius 2 is 1.93 bits per heavy atom. The first-order chi connectivity index (χ1) is 6.83. The fraction of sp³-hybridized carbons (Fsp3) is 0.250. The highest BCUT2D eigenvalue weighted by Gasteiger charge is 2.32.